The van der Waals surface area contributed by atoms with Crippen LogP contribution in [0, 0.1) is 0 Å². The number of likely N-dealkylation sites (N-methyl/N-ethyl adjacent to an activating group) is 2. The van der Waals surface area contributed by atoms with E-state index in [1.54, 1.807) is 6.07 Å². The van der Waals surface area contributed by atoms with Crippen molar-refractivity contribution in [1.29, 1.82) is 0 Å². The summed E-state index contributed by atoms with van der Waals surface area (Å²) in [5, 5.41) is 11.7. The molecule has 0 saturated heterocycles. The third-order valence-electron chi connectivity index (χ3n) is 5.00. The molecule has 0 bridgehead atoms. The number of aromatic nitrogens is 2. The van der Waals surface area contributed by atoms with Gasteiger partial charge in [0.15, 0.2) is 0 Å². The number of H-pyrrole nitrogens is 1. The second-order valence-corrected chi connectivity index (χ2v) is 6.73. The SMILES string of the molecule is CCNCCN(CC)Cc1ccc2c(c1)-c1n[nH]c(=O)c3cccc(c13)O2. The lowest BCUT2D eigenvalue weighted by atomic mass is 9.99. The quantitative estimate of drug-likeness (QED) is 0.493. The molecule has 2 N–H and O–H groups in total. The van der Waals surface area contributed by atoms with Crippen LogP contribution in [-0.2, 0) is 6.54 Å². The highest BCUT2D eigenvalue weighted by Crippen LogP contribution is 2.44. The average molecular weight is 364 g/mol. The Morgan fingerprint density at radius 1 is 1.19 bits per heavy atom. The number of nitrogens with zero attached hydrogens (tertiary/aromatic N) is 2. The van der Waals surface area contributed by atoms with Crippen LogP contribution in [-0.4, -0.2) is 41.3 Å². The molecule has 6 nitrogen and oxygen atoms in total. The highest BCUT2D eigenvalue weighted by atomic mass is 16.5. The van der Waals surface area contributed by atoms with Crippen LogP contribution in [0.5, 0.6) is 11.5 Å². The van der Waals surface area contributed by atoms with Crippen molar-refractivity contribution in [3.63, 3.8) is 0 Å². The van der Waals surface area contributed by atoms with Crippen LogP contribution in [0.4, 0.5) is 0 Å². The van der Waals surface area contributed by atoms with Crippen molar-refractivity contribution < 1.29 is 4.74 Å². The summed E-state index contributed by atoms with van der Waals surface area (Å²) in [4.78, 5) is 14.5. The molecule has 1 aliphatic rings. The fraction of sp³-hybridized carbons (Fsp3) is 0.333. The van der Waals surface area contributed by atoms with Gasteiger partial charge in [0.1, 0.15) is 17.2 Å². The van der Waals surface area contributed by atoms with Crippen LogP contribution in [0.2, 0.25) is 0 Å². The summed E-state index contributed by atoms with van der Waals surface area (Å²) in [5.74, 6) is 1.45. The maximum absolute atomic E-state index is 12.1. The molecular weight excluding hydrogens is 340 g/mol. The molecule has 27 heavy (non-hydrogen) atoms. The van der Waals surface area contributed by atoms with Gasteiger partial charge in [-0.25, -0.2) is 5.10 Å². The van der Waals surface area contributed by atoms with E-state index < -0.39 is 0 Å². The lowest BCUT2D eigenvalue weighted by Crippen LogP contribution is -2.31. The minimum Gasteiger partial charge on any atom is -0.456 e. The normalized spacial score (nSPS) is 12.3. The summed E-state index contributed by atoms with van der Waals surface area (Å²) < 4.78 is 6.05. The van der Waals surface area contributed by atoms with Gasteiger partial charge in [-0.2, -0.15) is 5.10 Å². The topological polar surface area (TPSA) is 70.2 Å². The first-order valence-electron chi connectivity index (χ1n) is 9.47. The van der Waals surface area contributed by atoms with Crippen molar-refractivity contribution in [2.75, 3.05) is 26.2 Å². The molecule has 140 valence electrons. The Kier molecular flexibility index (Phi) is 4.92. The molecule has 0 fully saturated rings. The predicted molar refractivity (Wildman–Crippen MR) is 107 cm³/mol. The molecule has 0 radical (unpaired) electrons. The molecule has 0 atom stereocenters. The molecule has 0 unspecified atom stereocenters. The lowest BCUT2D eigenvalue weighted by Gasteiger charge is -2.23. The Morgan fingerprint density at radius 2 is 2.07 bits per heavy atom. The number of hydrogen-bond acceptors (Lipinski definition) is 5. The van der Waals surface area contributed by atoms with Crippen LogP contribution in [0.25, 0.3) is 22.0 Å². The van der Waals surface area contributed by atoms with Gasteiger partial charge in [-0.15, -0.1) is 0 Å². The van der Waals surface area contributed by atoms with Crippen molar-refractivity contribution in [3.8, 4) is 22.8 Å². The van der Waals surface area contributed by atoms with E-state index in [0.717, 1.165) is 55.1 Å². The second-order valence-electron chi connectivity index (χ2n) is 6.73. The zero-order chi connectivity index (χ0) is 18.8. The van der Waals surface area contributed by atoms with Gasteiger partial charge in [0.25, 0.3) is 5.56 Å². The van der Waals surface area contributed by atoms with Gasteiger partial charge in [-0.1, -0.05) is 26.0 Å². The zero-order valence-electron chi connectivity index (χ0n) is 15.7. The number of fused-ring (bicyclic) bond motifs is 2. The first-order valence-corrected chi connectivity index (χ1v) is 9.47. The van der Waals surface area contributed by atoms with Crippen molar-refractivity contribution in [3.05, 3.63) is 52.3 Å². The molecule has 1 aliphatic heterocycles. The van der Waals surface area contributed by atoms with Gasteiger partial charge in [-0.3, -0.25) is 9.69 Å². The monoisotopic (exact) mass is 364 g/mol. The van der Waals surface area contributed by atoms with E-state index in [4.69, 9.17) is 4.74 Å². The van der Waals surface area contributed by atoms with Gasteiger partial charge < -0.3 is 10.1 Å². The lowest BCUT2D eigenvalue weighted by molar-refractivity contribution is 0.280. The van der Waals surface area contributed by atoms with E-state index in [-0.39, 0.29) is 5.56 Å². The molecule has 1 aromatic heterocycles. The van der Waals surface area contributed by atoms with Crippen molar-refractivity contribution in [2.24, 2.45) is 0 Å². The van der Waals surface area contributed by atoms with Gasteiger partial charge in [0, 0.05) is 25.2 Å². The summed E-state index contributed by atoms with van der Waals surface area (Å²) >= 11 is 0. The Bertz CT molecular complexity index is 1030. The van der Waals surface area contributed by atoms with E-state index in [2.05, 4.69) is 46.4 Å². The van der Waals surface area contributed by atoms with E-state index >= 15 is 0 Å². The Morgan fingerprint density at radius 3 is 2.89 bits per heavy atom. The van der Waals surface area contributed by atoms with E-state index in [9.17, 15) is 4.79 Å². The molecule has 6 heteroatoms. The van der Waals surface area contributed by atoms with Gasteiger partial charge >= 0.3 is 0 Å². The average Bonchev–Trinajstić information content (AvgIpc) is 2.69. The molecule has 0 amide bonds. The van der Waals surface area contributed by atoms with Crippen LogP contribution in [0.3, 0.4) is 0 Å². The Balaban J connectivity index is 1.70. The molecule has 0 saturated carbocycles. The second kappa shape index (κ2) is 7.50. The molecular formula is C21H24N4O2. The van der Waals surface area contributed by atoms with Gasteiger partial charge in [0.2, 0.25) is 0 Å². The highest BCUT2D eigenvalue weighted by Gasteiger charge is 2.23. The minimum atomic E-state index is -0.195. The molecule has 0 spiro atoms. The Hall–Kier alpha value is -2.70. The molecule has 3 aromatic rings. The van der Waals surface area contributed by atoms with Crippen molar-refractivity contribution in [1.82, 2.24) is 20.4 Å². The van der Waals surface area contributed by atoms with Crippen LogP contribution < -0.4 is 15.6 Å². The fourth-order valence-corrected chi connectivity index (χ4v) is 3.56. The summed E-state index contributed by atoms with van der Waals surface area (Å²) in [6, 6.07) is 11.7. The minimum absolute atomic E-state index is 0.195. The van der Waals surface area contributed by atoms with Gasteiger partial charge in [-0.05, 0) is 42.9 Å². The number of hydrogen-bond donors (Lipinski definition) is 2. The largest absolute Gasteiger partial charge is 0.456 e. The van der Waals surface area contributed by atoms with Gasteiger partial charge in [0.05, 0.1) is 10.8 Å². The van der Waals surface area contributed by atoms with Crippen molar-refractivity contribution >= 4 is 10.8 Å². The molecule has 2 aromatic carbocycles. The van der Waals surface area contributed by atoms with Crippen LogP contribution in [0.1, 0.15) is 19.4 Å². The maximum atomic E-state index is 12.1. The van der Waals surface area contributed by atoms with Crippen LogP contribution >= 0.6 is 0 Å². The van der Waals surface area contributed by atoms with E-state index in [1.807, 2.05) is 18.2 Å². The molecule has 4 rings (SSSR count). The zero-order valence-corrected chi connectivity index (χ0v) is 15.7. The summed E-state index contributed by atoms with van der Waals surface area (Å²) in [7, 11) is 0. The summed E-state index contributed by atoms with van der Waals surface area (Å²) in [6.45, 7) is 9.12. The number of nitrogens with one attached hydrogen (secondary N) is 2. The van der Waals surface area contributed by atoms with E-state index in [0.29, 0.717) is 11.1 Å². The first-order chi connectivity index (χ1) is 13.2. The maximum Gasteiger partial charge on any atom is 0.272 e. The summed E-state index contributed by atoms with van der Waals surface area (Å²) in [5.41, 5.74) is 2.71. The highest BCUT2D eigenvalue weighted by molar-refractivity contribution is 6.01. The van der Waals surface area contributed by atoms with Crippen molar-refractivity contribution in [2.45, 2.75) is 20.4 Å². The number of aromatic amines is 1. The first kappa shape index (κ1) is 17.7. The number of ether oxygens (including phenoxy) is 1. The molecule has 2 heterocycles. The standard InChI is InChI=1S/C21H24N4O2/c1-3-22-10-11-25(4-2)13-14-8-9-17-16(12-14)20-19-15(21(26)24-23-20)6-5-7-18(19)27-17/h5-9,12,22H,3-4,10-11,13H2,1-2H3,(H,24,26). The third kappa shape index (κ3) is 3.34. The number of benzene rings is 2. The van der Waals surface area contributed by atoms with E-state index in [1.165, 1.54) is 5.56 Å². The third-order valence-corrected chi connectivity index (χ3v) is 5.00. The summed E-state index contributed by atoms with van der Waals surface area (Å²) in [6.07, 6.45) is 0. The molecule has 0 aliphatic carbocycles. The predicted octanol–water partition coefficient (Wildman–Crippen LogP) is 3.13. The number of rotatable bonds is 7. The smallest absolute Gasteiger partial charge is 0.272 e. The Labute approximate surface area is 158 Å². The fourth-order valence-electron chi connectivity index (χ4n) is 3.56. The van der Waals surface area contributed by atoms with Crippen LogP contribution in [0.15, 0.2) is 41.2 Å².